The molecule has 1 N–H and O–H groups in total. The van der Waals surface area contributed by atoms with Gasteiger partial charge in [0.15, 0.2) is 11.5 Å². The van der Waals surface area contributed by atoms with Gasteiger partial charge in [-0.15, -0.1) is 0 Å². The Kier molecular flexibility index (Phi) is 9.25. The van der Waals surface area contributed by atoms with Crippen molar-refractivity contribution >= 4 is 11.9 Å². The number of piperidine rings is 1. The Hall–Kier alpha value is -4.08. The molecule has 2 aromatic heterocycles. The molecule has 3 aliphatic rings. The van der Waals surface area contributed by atoms with E-state index in [2.05, 4.69) is 25.3 Å². The van der Waals surface area contributed by atoms with Crippen LogP contribution in [0.2, 0.25) is 0 Å². The number of anilines is 1. The van der Waals surface area contributed by atoms with E-state index in [1.165, 1.54) is 6.20 Å². The average Bonchev–Trinajstić information content (AvgIpc) is 3.39. The molecule has 0 radical (unpaired) electrons. The van der Waals surface area contributed by atoms with Gasteiger partial charge < -0.3 is 33.9 Å². The maximum absolute atomic E-state index is 13.1. The van der Waals surface area contributed by atoms with E-state index in [1.807, 2.05) is 30.3 Å². The first-order chi connectivity index (χ1) is 22.0. The fourth-order valence-electron chi connectivity index (χ4n) is 5.81. The zero-order valence-corrected chi connectivity index (χ0v) is 25.4. The van der Waals surface area contributed by atoms with Crippen LogP contribution < -0.4 is 10.1 Å². The van der Waals surface area contributed by atoms with Gasteiger partial charge in [0.05, 0.1) is 43.1 Å². The van der Waals surface area contributed by atoms with E-state index in [4.69, 9.17) is 23.7 Å². The second-order valence-corrected chi connectivity index (χ2v) is 11.9. The lowest BCUT2D eigenvalue weighted by molar-refractivity contribution is -0.156. The molecule has 3 saturated heterocycles. The first kappa shape index (κ1) is 31.9. The molecule has 246 valence electrons. The van der Waals surface area contributed by atoms with Gasteiger partial charge in [0.25, 0.3) is 0 Å². The number of alkyl halides is 3. The van der Waals surface area contributed by atoms with E-state index < -0.39 is 42.0 Å². The lowest BCUT2D eigenvalue weighted by atomic mass is 9.94. The Morgan fingerprint density at radius 3 is 2.52 bits per heavy atom. The van der Waals surface area contributed by atoms with Crippen LogP contribution in [-0.2, 0) is 31.7 Å². The molecule has 46 heavy (non-hydrogen) atoms. The highest BCUT2D eigenvalue weighted by Gasteiger charge is 2.52. The Labute approximate surface area is 263 Å². The fraction of sp³-hybridized carbons (Fsp3) is 0.516. The molecule has 0 unspecified atom stereocenters. The van der Waals surface area contributed by atoms with Crippen molar-refractivity contribution in [3.63, 3.8) is 0 Å². The number of fused-ring (bicyclic) bond motifs is 1. The molecule has 0 bridgehead atoms. The molecule has 4 atom stereocenters. The molecule has 3 aliphatic heterocycles. The van der Waals surface area contributed by atoms with E-state index in [0.717, 1.165) is 24.1 Å². The number of amides is 1. The standard InChI is InChI=1S/C31H35F3N6O6/c1-30(2)45-27-22(38-25-14-35-13-24(39-25)31(32,33)34)17-42-23(28(27)46-30)18-43-26-15-36-21(12-37-26)20-8-10-40(11-9-20)29(41)44-16-19-6-4-3-5-7-19/h3-7,12-15,20,22-23,27-28H,8-11,16-18H2,1-2H3,(H,38,39)/t22-,23+,27+,28-/m0/s1. The number of hydrogen-bond acceptors (Lipinski definition) is 11. The van der Waals surface area contributed by atoms with E-state index in [0.29, 0.717) is 25.2 Å². The second kappa shape index (κ2) is 13.3. The van der Waals surface area contributed by atoms with Crippen LogP contribution in [0.5, 0.6) is 5.88 Å². The second-order valence-electron chi connectivity index (χ2n) is 11.9. The van der Waals surface area contributed by atoms with Gasteiger partial charge in [-0.25, -0.2) is 14.8 Å². The quantitative estimate of drug-likeness (QED) is 0.370. The predicted octanol–water partition coefficient (Wildman–Crippen LogP) is 4.58. The molecule has 15 heteroatoms. The smallest absolute Gasteiger partial charge is 0.434 e. The van der Waals surface area contributed by atoms with E-state index >= 15 is 0 Å². The van der Waals surface area contributed by atoms with E-state index in [9.17, 15) is 18.0 Å². The molecule has 3 fully saturated rings. The van der Waals surface area contributed by atoms with Gasteiger partial charge in [-0.1, -0.05) is 30.3 Å². The first-order valence-electron chi connectivity index (χ1n) is 15.1. The molecular weight excluding hydrogens is 609 g/mol. The summed E-state index contributed by atoms with van der Waals surface area (Å²) < 4.78 is 69.0. The molecule has 6 rings (SSSR count). The number of nitrogens with one attached hydrogen (secondary N) is 1. The van der Waals surface area contributed by atoms with E-state index in [-0.39, 0.29) is 37.6 Å². The highest BCUT2D eigenvalue weighted by atomic mass is 19.4. The van der Waals surface area contributed by atoms with Crippen LogP contribution in [0, 0.1) is 0 Å². The lowest BCUT2D eigenvalue weighted by Crippen LogP contribution is -2.55. The first-order valence-corrected chi connectivity index (χ1v) is 15.1. The molecule has 5 heterocycles. The highest BCUT2D eigenvalue weighted by molar-refractivity contribution is 5.67. The van der Waals surface area contributed by atoms with Crippen molar-refractivity contribution in [1.29, 1.82) is 0 Å². The van der Waals surface area contributed by atoms with Crippen LogP contribution in [0.1, 0.15) is 49.6 Å². The minimum absolute atomic E-state index is 0.0470. The third-order valence-electron chi connectivity index (χ3n) is 8.09. The molecule has 0 saturated carbocycles. The number of rotatable bonds is 8. The van der Waals surface area contributed by atoms with Gasteiger partial charge in [0.2, 0.25) is 5.88 Å². The van der Waals surface area contributed by atoms with Crippen LogP contribution in [-0.4, -0.2) is 87.4 Å². The maximum Gasteiger partial charge on any atom is 0.434 e. The van der Waals surface area contributed by atoms with Crippen molar-refractivity contribution in [1.82, 2.24) is 24.8 Å². The Morgan fingerprint density at radius 1 is 1.04 bits per heavy atom. The van der Waals surface area contributed by atoms with Crippen molar-refractivity contribution in [3.8, 4) is 5.88 Å². The summed E-state index contributed by atoms with van der Waals surface area (Å²) in [7, 11) is 0. The number of halogens is 3. The van der Waals surface area contributed by atoms with Crippen molar-refractivity contribution in [2.75, 3.05) is 31.6 Å². The number of aromatic nitrogens is 4. The molecular formula is C31H35F3N6O6. The topological polar surface area (TPSA) is 130 Å². The summed E-state index contributed by atoms with van der Waals surface area (Å²) in [5.41, 5.74) is 0.661. The summed E-state index contributed by atoms with van der Waals surface area (Å²) in [5, 5.41) is 2.96. The molecule has 0 aliphatic carbocycles. The van der Waals surface area contributed by atoms with E-state index in [1.54, 1.807) is 31.1 Å². The van der Waals surface area contributed by atoms with Crippen molar-refractivity contribution < 1.29 is 41.7 Å². The summed E-state index contributed by atoms with van der Waals surface area (Å²) in [6.07, 6.45) is -0.00248. The molecule has 12 nitrogen and oxygen atoms in total. The number of nitrogens with zero attached hydrogens (tertiary/aromatic N) is 5. The van der Waals surface area contributed by atoms with Crippen LogP contribution in [0.25, 0.3) is 0 Å². The summed E-state index contributed by atoms with van der Waals surface area (Å²) in [6.45, 7) is 5.08. The van der Waals surface area contributed by atoms with Gasteiger partial charge in [-0.2, -0.15) is 13.2 Å². The van der Waals surface area contributed by atoms with Gasteiger partial charge in [-0.3, -0.25) is 9.97 Å². The van der Waals surface area contributed by atoms with Gasteiger partial charge in [0.1, 0.15) is 37.3 Å². The minimum atomic E-state index is -4.62. The number of carbonyl (C=O) groups excluding carboxylic acids is 1. The highest BCUT2D eigenvalue weighted by Crippen LogP contribution is 2.37. The van der Waals surface area contributed by atoms with Gasteiger partial charge in [-0.05, 0) is 32.3 Å². The Bertz CT molecular complexity index is 1470. The summed E-state index contributed by atoms with van der Waals surface area (Å²) >= 11 is 0. The van der Waals surface area contributed by atoms with Crippen LogP contribution >= 0.6 is 0 Å². The number of benzene rings is 1. The SMILES string of the molecule is CC1(C)O[C@@H]2[C@H](O1)[C@@H](Nc1cncc(C(F)(F)F)n1)CO[C@@H]2COc1cnc(C2CCN(C(=O)OCc3ccccc3)CC2)cn1. The molecule has 1 aromatic carbocycles. The Balaban J connectivity index is 0.993. The zero-order chi connectivity index (χ0) is 32.3. The van der Waals surface area contributed by atoms with Crippen LogP contribution in [0.4, 0.5) is 23.8 Å². The largest absolute Gasteiger partial charge is 0.474 e. The number of ether oxygens (including phenoxy) is 5. The predicted molar refractivity (Wildman–Crippen MR) is 156 cm³/mol. The minimum Gasteiger partial charge on any atom is -0.474 e. The summed E-state index contributed by atoms with van der Waals surface area (Å²) in [6, 6.07) is 9.02. The zero-order valence-electron chi connectivity index (χ0n) is 25.4. The summed E-state index contributed by atoms with van der Waals surface area (Å²) in [4.78, 5) is 30.5. The molecule has 1 amide bonds. The van der Waals surface area contributed by atoms with Crippen molar-refractivity contribution in [3.05, 3.63) is 72.1 Å². The Morgan fingerprint density at radius 2 is 1.80 bits per heavy atom. The summed E-state index contributed by atoms with van der Waals surface area (Å²) in [5.74, 6) is -0.534. The van der Waals surface area contributed by atoms with Crippen LogP contribution in [0.3, 0.4) is 0 Å². The fourth-order valence-corrected chi connectivity index (χ4v) is 5.81. The normalized spacial score (nSPS) is 24.7. The molecule has 0 spiro atoms. The van der Waals surface area contributed by atoms with Crippen LogP contribution in [0.15, 0.2) is 55.1 Å². The van der Waals surface area contributed by atoms with Crippen molar-refractivity contribution in [2.45, 2.75) is 75.5 Å². The number of carbonyl (C=O) groups is 1. The monoisotopic (exact) mass is 644 g/mol. The molecule has 3 aromatic rings. The van der Waals surface area contributed by atoms with Crippen molar-refractivity contribution in [2.24, 2.45) is 0 Å². The third-order valence-corrected chi connectivity index (χ3v) is 8.09. The number of hydrogen-bond donors (Lipinski definition) is 1. The lowest BCUT2D eigenvalue weighted by Gasteiger charge is -2.37. The van der Waals surface area contributed by atoms with Gasteiger partial charge in [0, 0.05) is 19.0 Å². The maximum atomic E-state index is 13.1. The third kappa shape index (κ3) is 7.65. The average molecular weight is 645 g/mol. The number of likely N-dealkylation sites (tertiary alicyclic amines) is 1. The van der Waals surface area contributed by atoms with Gasteiger partial charge >= 0.3 is 12.3 Å².